The number of amides is 1. The number of carbonyl (C=O) groups is 2. The third-order valence-electron chi connectivity index (χ3n) is 4.14. The van der Waals surface area contributed by atoms with Crippen molar-refractivity contribution < 1.29 is 14.7 Å². The summed E-state index contributed by atoms with van der Waals surface area (Å²) >= 11 is 0. The average molecular weight is 314 g/mol. The predicted octanol–water partition coefficient (Wildman–Crippen LogP) is 1.51. The number of aliphatic carboxylic acids is 1. The van der Waals surface area contributed by atoms with Gasteiger partial charge in [0.05, 0.1) is 17.8 Å². The molecule has 1 fully saturated rings. The number of rotatable bonds is 3. The molecule has 0 spiro atoms. The van der Waals surface area contributed by atoms with E-state index in [0.29, 0.717) is 25.9 Å². The fourth-order valence-corrected chi connectivity index (χ4v) is 2.68. The zero-order chi connectivity index (χ0) is 16.4. The smallest absolute Gasteiger partial charge is 0.306 e. The minimum Gasteiger partial charge on any atom is -0.481 e. The molecule has 7 heteroatoms. The van der Waals surface area contributed by atoms with Gasteiger partial charge in [-0.15, -0.1) is 5.10 Å². The summed E-state index contributed by atoms with van der Waals surface area (Å²) in [6, 6.07) is 7.76. The highest BCUT2D eigenvalue weighted by Gasteiger charge is 2.28. The van der Waals surface area contributed by atoms with Gasteiger partial charge in [0.2, 0.25) is 0 Å². The van der Waals surface area contributed by atoms with E-state index in [1.165, 1.54) is 0 Å². The van der Waals surface area contributed by atoms with Gasteiger partial charge in [-0.3, -0.25) is 9.59 Å². The maximum absolute atomic E-state index is 12.4. The van der Waals surface area contributed by atoms with E-state index in [1.807, 2.05) is 31.2 Å². The Morgan fingerprint density at radius 1 is 1.17 bits per heavy atom. The number of nitrogens with zero attached hydrogens (tertiary/aromatic N) is 4. The van der Waals surface area contributed by atoms with Crippen molar-refractivity contribution in [3.63, 3.8) is 0 Å². The molecule has 2 aromatic rings. The van der Waals surface area contributed by atoms with Gasteiger partial charge < -0.3 is 10.0 Å². The minimum atomic E-state index is -0.789. The van der Waals surface area contributed by atoms with Crippen LogP contribution in [-0.4, -0.2) is 50.0 Å². The average Bonchev–Trinajstić information content (AvgIpc) is 3.05. The van der Waals surface area contributed by atoms with Crippen molar-refractivity contribution in [1.29, 1.82) is 0 Å². The zero-order valence-corrected chi connectivity index (χ0v) is 12.8. The topological polar surface area (TPSA) is 88.3 Å². The zero-order valence-electron chi connectivity index (χ0n) is 12.8. The number of hydrogen-bond acceptors (Lipinski definition) is 4. The summed E-state index contributed by atoms with van der Waals surface area (Å²) < 4.78 is 1.57. The van der Waals surface area contributed by atoms with Crippen LogP contribution in [0.15, 0.2) is 30.5 Å². The van der Waals surface area contributed by atoms with Crippen molar-refractivity contribution in [2.24, 2.45) is 5.92 Å². The lowest BCUT2D eigenvalue weighted by Gasteiger charge is -2.29. The lowest BCUT2D eigenvalue weighted by Crippen LogP contribution is -2.40. The third kappa shape index (κ3) is 3.23. The Bertz CT molecular complexity index is 715. The summed E-state index contributed by atoms with van der Waals surface area (Å²) in [6.45, 7) is 2.88. The molecule has 1 aliphatic heterocycles. The van der Waals surface area contributed by atoms with Crippen molar-refractivity contribution in [3.05, 3.63) is 41.7 Å². The Hall–Kier alpha value is -2.70. The first-order valence-electron chi connectivity index (χ1n) is 7.56. The van der Waals surface area contributed by atoms with Crippen LogP contribution in [0, 0.1) is 12.8 Å². The van der Waals surface area contributed by atoms with Crippen LogP contribution in [0.3, 0.4) is 0 Å². The molecule has 23 heavy (non-hydrogen) atoms. The van der Waals surface area contributed by atoms with E-state index in [9.17, 15) is 9.59 Å². The highest BCUT2D eigenvalue weighted by atomic mass is 16.4. The van der Waals surface area contributed by atoms with Crippen molar-refractivity contribution >= 4 is 11.9 Å². The van der Waals surface area contributed by atoms with Crippen LogP contribution in [0.25, 0.3) is 5.69 Å². The summed E-state index contributed by atoms with van der Waals surface area (Å²) in [6.07, 6.45) is 2.57. The largest absolute Gasteiger partial charge is 0.481 e. The molecule has 1 aromatic carbocycles. The van der Waals surface area contributed by atoms with E-state index < -0.39 is 5.97 Å². The highest BCUT2D eigenvalue weighted by molar-refractivity contribution is 5.92. The van der Waals surface area contributed by atoms with Gasteiger partial charge in [-0.1, -0.05) is 22.9 Å². The van der Waals surface area contributed by atoms with Gasteiger partial charge in [0.15, 0.2) is 5.69 Å². The summed E-state index contributed by atoms with van der Waals surface area (Å²) in [5.41, 5.74) is 2.26. The Labute approximate surface area is 133 Å². The number of benzene rings is 1. The van der Waals surface area contributed by atoms with Crippen molar-refractivity contribution in [3.8, 4) is 5.69 Å². The molecule has 0 atom stereocenters. The Balaban J connectivity index is 1.69. The quantitative estimate of drug-likeness (QED) is 0.928. The Morgan fingerprint density at radius 2 is 1.83 bits per heavy atom. The second-order valence-corrected chi connectivity index (χ2v) is 5.79. The first kappa shape index (κ1) is 15.2. The summed E-state index contributed by atoms with van der Waals surface area (Å²) in [7, 11) is 0. The lowest BCUT2D eigenvalue weighted by molar-refractivity contribution is -0.143. The van der Waals surface area contributed by atoms with Crippen molar-refractivity contribution in [2.75, 3.05) is 13.1 Å². The van der Waals surface area contributed by atoms with E-state index in [4.69, 9.17) is 5.11 Å². The van der Waals surface area contributed by atoms with E-state index in [0.717, 1.165) is 11.3 Å². The number of aromatic nitrogens is 3. The number of carboxylic acid groups (broad SMARTS) is 1. The van der Waals surface area contributed by atoms with Crippen LogP contribution < -0.4 is 0 Å². The van der Waals surface area contributed by atoms with Gasteiger partial charge in [-0.2, -0.15) is 0 Å². The molecule has 1 aliphatic rings. The van der Waals surface area contributed by atoms with Crippen LogP contribution in [0.2, 0.25) is 0 Å². The molecule has 1 saturated heterocycles. The molecule has 0 aliphatic carbocycles. The van der Waals surface area contributed by atoms with Gasteiger partial charge in [0, 0.05) is 13.1 Å². The molecular weight excluding hydrogens is 296 g/mol. The van der Waals surface area contributed by atoms with Crippen LogP contribution >= 0.6 is 0 Å². The van der Waals surface area contributed by atoms with Gasteiger partial charge in [-0.25, -0.2) is 4.68 Å². The minimum absolute atomic E-state index is 0.202. The first-order chi connectivity index (χ1) is 11.0. The lowest BCUT2D eigenvalue weighted by atomic mass is 9.97. The SMILES string of the molecule is Cc1ccc(-n2cc(C(=O)N3CCC(C(=O)O)CC3)nn2)cc1. The molecule has 0 saturated carbocycles. The van der Waals surface area contributed by atoms with Crippen LogP contribution in [-0.2, 0) is 4.79 Å². The van der Waals surface area contributed by atoms with E-state index in [-0.39, 0.29) is 17.5 Å². The first-order valence-corrected chi connectivity index (χ1v) is 7.56. The molecule has 7 nitrogen and oxygen atoms in total. The standard InChI is InChI=1S/C16H18N4O3/c1-11-2-4-13(5-3-11)20-10-14(17-18-20)15(21)19-8-6-12(7-9-19)16(22)23/h2-5,10,12H,6-9H2,1H3,(H,22,23). The van der Waals surface area contributed by atoms with Crippen LogP contribution in [0.5, 0.6) is 0 Å². The predicted molar refractivity (Wildman–Crippen MR) is 82.4 cm³/mol. The maximum atomic E-state index is 12.4. The van der Waals surface area contributed by atoms with Gasteiger partial charge >= 0.3 is 5.97 Å². The second-order valence-electron chi connectivity index (χ2n) is 5.79. The number of carbonyl (C=O) groups excluding carboxylic acids is 1. The fraction of sp³-hybridized carbons (Fsp3) is 0.375. The number of piperidine rings is 1. The molecule has 1 aromatic heterocycles. The van der Waals surface area contributed by atoms with E-state index >= 15 is 0 Å². The van der Waals surface area contributed by atoms with Crippen molar-refractivity contribution in [2.45, 2.75) is 19.8 Å². The maximum Gasteiger partial charge on any atom is 0.306 e. The summed E-state index contributed by atoms with van der Waals surface area (Å²) in [5, 5.41) is 16.9. The second kappa shape index (κ2) is 6.20. The molecule has 0 bridgehead atoms. The number of likely N-dealkylation sites (tertiary alicyclic amines) is 1. The van der Waals surface area contributed by atoms with E-state index in [2.05, 4.69) is 10.3 Å². The Kier molecular flexibility index (Phi) is 4.10. The molecule has 120 valence electrons. The Morgan fingerprint density at radius 3 is 2.43 bits per heavy atom. The number of aryl methyl sites for hydroxylation is 1. The van der Waals surface area contributed by atoms with Crippen molar-refractivity contribution in [1.82, 2.24) is 19.9 Å². The molecule has 1 N–H and O–H groups in total. The molecule has 3 rings (SSSR count). The van der Waals surface area contributed by atoms with Crippen LogP contribution in [0.4, 0.5) is 0 Å². The molecule has 0 unspecified atom stereocenters. The normalized spacial score (nSPS) is 15.6. The molecular formula is C16H18N4O3. The number of carboxylic acids is 1. The highest BCUT2D eigenvalue weighted by Crippen LogP contribution is 2.19. The molecule has 1 amide bonds. The fourth-order valence-electron chi connectivity index (χ4n) is 2.68. The number of hydrogen-bond donors (Lipinski definition) is 1. The summed E-state index contributed by atoms with van der Waals surface area (Å²) in [4.78, 5) is 25.0. The summed E-state index contributed by atoms with van der Waals surface area (Å²) in [5.74, 6) is -1.35. The monoisotopic (exact) mass is 314 g/mol. The van der Waals surface area contributed by atoms with Gasteiger partial charge in [-0.05, 0) is 31.9 Å². The van der Waals surface area contributed by atoms with E-state index in [1.54, 1.807) is 15.8 Å². The molecule has 2 heterocycles. The molecule has 0 radical (unpaired) electrons. The third-order valence-corrected chi connectivity index (χ3v) is 4.14. The van der Waals surface area contributed by atoms with Crippen LogP contribution in [0.1, 0.15) is 28.9 Å². The van der Waals surface area contributed by atoms with Gasteiger partial charge in [0.25, 0.3) is 5.91 Å². The van der Waals surface area contributed by atoms with Gasteiger partial charge in [0.1, 0.15) is 0 Å².